The monoisotopic (exact) mass is 390 g/mol. The number of nitrogens with zero attached hydrogens (tertiary/aromatic N) is 2. The summed E-state index contributed by atoms with van der Waals surface area (Å²) in [6.45, 7) is 3.57. The fourth-order valence-corrected chi connectivity index (χ4v) is 3.56. The summed E-state index contributed by atoms with van der Waals surface area (Å²) < 4.78 is 8.19. The van der Waals surface area contributed by atoms with Gasteiger partial charge < -0.3 is 9.30 Å². The molecule has 3 rings (SSSR count). The highest BCUT2D eigenvalue weighted by Crippen LogP contribution is 2.28. The minimum Gasteiger partial charge on any atom is -0.484 e. The molecule has 1 aromatic heterocycles. The second kappa shape index (κ2) is 9.29. The van der Waals surface area contributed by atoms with E-state index in [0.29, 0.717) is 22.4 Å². The fraction of sp³-hybridized carbons (Fsp3) is 0.381. The van der Waals surface area contributed by atoms with Crippen LogP contribution in [0.5, 0.6) is 5.75 Å². The van der Waals surface area contributed by atoms with Crippen molar-refractivity contribution < 1.29 is 4.74 Å². The molecule has 0 N–H and O–H groups in total. The smallest absolute Gasteiger partial charge is 0.147 e. The van der Waals surface area contributed by atoms with Gasteiger partial charge in [0.2, 0.25) is 0 Å². The van der Waals surface area contributed by atoms with Crippen molar-refractivity contribution >= 4 is 34.2 Å². The first-order valence-corrected chi connectivity index (χ1v) is 9.96. The van der Waals surface area contributed by atoms with Crippen LogP contribution in [0.25, 0.3) is 11.0 Å². The number of aryl methyl sites for hydroxylation is 1. The zero-order chi connectivity index (χ0) is 18.4. The molecule has 0 aliphatic heterocycles. The lowest BCUT2D eigenvalue weighted by molar-refractivity contribution is 0.289. The molecule has 2 aromatic carbocycles. The molecule has 0 saturated carbocycles. The maximum atomic E-state index is 6.21. The summed E-state index contributed by atoms with van der Waals surface area (Å²) >= 11 is 12.2. The number of rotatable bonds is 9. The molecule has 0 radical (unpaired) electrons. The second-order valence-corrected chi connectivity index (χ2v) is 7.29. The molecule has 0 aliphatic rings. The van der Waals surface area contributed by atoms with Crippen LogP contribution in [0, 0.1) is 0 Å². The van der Waals surface area contributed by atoms with Crippen LogP contribution in [0.2, 0.25) is 10.0 Å². The van der Waals surface area contributed by atoms with Crippen LogP contribution in [-0.2, 0) is 13.2 Å². The summed E-state index contributed by atoms with van der Waals surface area (Å²) in [5, 5.41) is 1.11. The van der Waals surface area contributed by atoms with E-state index in [0.717, 1.165) is 29.8 Å². The van der Waals surface area contributed by atoms with Gasteiger partial charge in [0, 0.05) is 11.6 Å². The minimum absolute atomic E-state index is 0.380. The zero-order valence-corrected chi connectivity index (χ0v) is 16.6. The molecule has 1 heterocycles. The number of fused-ring (bicyclic) bond motifs is 1. The molecule has 0 unspecified atom stereocenters. The summed E-state index contributed by atoms with van der Waals surface area (Å²) in [5.74, 6) is 1.55. The maximum absolute atomic E-state index is 6.21. The van der Waals surface area contributed by atoms with Gasteiger partial charge in [-0.1, -0.05) is 67.9 Å². The van der Waals surface area contributed by atoms with Crippen LogP contribution in [0.4, 0.5) is 0 Å². The van der Waals surface area contributed by atoms with E-state index in [1.54, 1.807) is 18.2 Å². The second-order valence-electron chi connectivity index (χ2n) is 6.45. The Kier molecular flexibility index (Phi) is 6.81. The molecule has 3 nitrogen and oxygen atoms in total. The SMILES string of the molecule is CCCCCCCn1c(COc2ccc(Cl)cc2Cl)nc2ccccc21. The lowest BCUT2D eigenvalue weighted by atomic mass is 10.1. The van der Waals surface area contributed by atoms with Crippen LogP contribution in [0.1, 0.15) is 44.9 Å². The first-order chi connectivity index (χ1) is 12.7. The minimum atomic E-state index is 0.380. The quantitative estimate of drug-likeness (QED) is 0.371. The normalized spacial score (nSPS) is 11.2. The summed E-state index contributed by atoms with van der Waals surface area (Å²) in [5.41, 5.74) is 2.16. The van der Waals surface area contributed by atoms with Gasteiger partial charge in [0.25, 0.3) is 0 Å². The van der Waals surface area contributed by atoms with Crippen LogP contribution >= 0.6 is 23.2 Å². The van der Waals surface area contributed by atoms with E-state index in [1.165, 1.54) is 25.7 Å². The van der Waals surface area contributed by atoms with E-state index in [9.17, 15) is 0 Å². The molecule has 5 heteroatoms. The van der Waals surface area contributed by atoms with E-state index in [1.807, 2.05) is 12.1 Å². The van der Waals surface area contributed by atoms with Crippen LogP contribution in [0.15, 0.2) is 42.5 Å². The Morgan fingerprint density at radius 2 is 1.81 bits per heavy atom. The van der Waals surface area contributed by atoms with Gasteiger partial charge in [-0.3, -0.25) is 0 Å². The maximum Gasteiger partial charge on any atom is 0.147 e. The van der Waals surface area contributed by atoms with Crippen LogP contribution < -0.4 is 4.74 Å². The number of halogens is 2. The number of ether oxygens (including phenoxy) is 1. The molecule has 0 amide bonds. The Morgan fingerprint density at radius 3 is 2.62 bits per heavy atom. The van der Waals surface area contributed by atoms with Crippen molar-refractivity contribution in [3.8, 4) is 5.75 Å². The van der Waals surface area contributed by atoms with Gasteiger partial charge in [-0.2, -0.15) is 0 Å². The molecule has 0 atom stereocenters. The predicted octanol–water partition coefficient (Wildman–Crippen LogP) is 6.89. The Morgan fingerprint density at radius 1 is 1.00 bits per heavy atom. The van der Waals surface area contributed by atoms with Gasteiger partial charge in [-0.15, -0.1) is 0 Å². The van der Waals surface area contributed by atoms with Gasteiger partial charge in [0.05, 0.1) is 16.1 Å². The van der Waals surface area contributed by atoms with Crippen LogP contribution in [-0.4, -0.2) is 9.55 Å². The number of hydrogen-bond donors (Lipinski definition) is 0. The molecular formula is C21H24Cl2N2O. The Balaban J connectivity index is 1.74. The fourth-order valence-electron chi connectivity index (χ4n) is 3.09. The Hall–Kier alpha value is -1.71. The zero-order valence-electron chi connectivity index (χ0n) is 15.0. The largest absolute Gasteiger partial charge is 0.484 e. The summed E-state index contributed by atoms with van der Waals surface area (Å²) in [6, 6.07) is 13.5. The van der Waals surface area contributed by atoms with Crippen molar-refractivity contribution in [2.24, 2.45) is 0 Å². The van der Waals surface area contributed by atoms with Crippen molar-refractivity contribution in [2.75, 3.05) is 0 Å². The summed E-state index contributed by atoms with van der Waals surface area (Å²) in [6.07, 6.45) is 6.23. The van der Waals surface area contributed by atoms with E-state index >= 15 is 0 Å². The van der Waals surface area contributed by atoms with Crippen molar-refractivity contribution in [3.63, 3.8) is 0 Å². The predicted molar refractivity (Wildman–Crippen MR) is 109 cm³/mol. The highest BCUT2D eigenvalue weighted by molar-refractivity contribution is 6.35. The molecule has 0 fully saturated rings. The topological polar surface area (TPSA) is 27.1 Å². The molecule has 138 valence electrons. The number of imidazole rings is 1. The van der Waals surface area contributed by atoms with Gasteiger partial charge in [0.15, 0.2) is 0 Å². The summed E-state index contributed by atoms with van der Waals surface area (Å²) in [7, 11) is 0. The summed E-state index contributed by atoms with van der Waals surface area (Å²) in [4.78, 5) is 4.76. The third-order valence-electron chi connectivity index (χ3n) is 4.47. The van der Waals surface area contributed by atoms with Gasteiger partial charge >= 0.3 is 0 Å². The van der Waals surface area contributed by atoms with Crippen molar-refractivity contribution in [2.45, 2.75) is 52.2 Å². The van der Waals surface area contributed by atoms with Crippen molar-refractivity contribution in [3.05, 3.63) is 58.3 Å². The lowest BCUT2D eigenvalue weighted by Gasteiger charge is -2.11. The Bertz CT molecular complexity index is 860. The Labute approximate surface area is 164 Å². The number of aromatic nitrogens is 2. The highest BCUT2D eigenvalue weighted by Gasteiger charge is 2.12. The van der Waals surface area contributed by atoms with Crippen molar-refractivity contribution in [1.82, 2.24) is 9.55 Å². The van der Waals surface area contributed by atoms with E-state index < -0.39 is 0 Å². The number of para-hydroxylation sites is 2. The highest BCUT2D eigenvalue weighted by atomic mass is 35.5. The standard InChI is InChI=1S/C21H24Cl2N2O/c1-2-3-4-5-8-13-25-19-10-7-6-9-18(19)24-21(25)15-26-20-12-11-16(22)14-17(20)23/h6-7,9-12,14H,2-5,8,13,15H2,1H3. The lowest BCUT2D eigenvalue weighted by Crippen LogP contribution is -2.08. The van der Waals surface area contributed by atoms with Gasteiger partial charge in [0.1, 0.15) is 18.2 Å². The van der Waals surface area contributed by atoms with Crippen LogP contribution in [0.3, 0.4) is 0 Å². The molecule has 0 spiro atoms. The average Bonchev–Trinajstić information content (AvgIpc) is 2.98. The van der Waals surface area contributed by atoms with Gasteiger partial charge in [-0.05, 0) is 36.8 Å². The third kappa shape index (κ3) is 4.72. The molecule has 0 saturated heterocycles. The van der Waals surface area contributed by atoms with E-state index in [-0.39, 0.29) is 0 Å². The number of hydrogen-bond acceptors (Lipinski definition) is 2. The van der Waals surface area contributed by atoms with Gasteiger partial charge in [-0.25, -0.2) is 4.98 Å². The first kappa shape index (κ1) is 19.1. The molecule has 26 heavy (non-hydrogen) atoms. The van der Waals surface area contributed by atoms with Crippen molar-refractivity contribution in [1.29, 1.82) is 0 Å². The van der Waals surface area contributed by atoms with E-state index in [2.05, 4.69) is 23.6 Å². The van der Waals surface area contributed by atoms with E-state index in [4.69, 9.17) is 32.9 Å². The third-order valence-corrected chi connectivity index (χ3v) is 5.00. The first-order valence-electron chi connectivity index (χ1n) is 9.21. The molecule has 0 bridgehead atoms. The number of unbranched alkanes of at least 4 members (excludes halogenated alkanes) is 4. The molecular weight excluding hydrogens is 367 g/mol. The molecule has 3 aromatic rings. The molecule has 0 aliphatic carbocycles. The average molecular weight is 391 g/mol. The number of benzene rings is 2.